The van der Waals surface area contributed by atoms with E-state index in [9.17, 15) is 9.59 Å². The fourth-order valence-corrected chi connectivity index (χ4v) is 8.64. The van der Waals surface area contributed by atoms with Gasteiger partial charge in [-0.05, 0) is 98.0 Å². The van der Waals surface area contributed by atoms with E-state index in [0.717, 1.165) is 99.0 Å². The Kier molecular flexibility index (Phi) is 16.7. The van der Waals surface area contributed by atoms with Crippen LogP contribution in [0.25, 0.3) is 11.0 Å². The summed E-state index contributed by atoms with van der Waals surface area (Å²) in [5.41, 5.74) is 5.87. The first-order chi connectivity index (χ1) is 35.8. The lowest BCUT2D eigenvalue weighted by atomic mass is 10.0. The third-order valence-electron chi connectivity index (χ3n) is 12.8. The van der Waals surface area contributed by atoms with Gasteiger partial charge in [0, 0.05) is 110 Å². The molecule has 384 valence electrons. The highest BCUT2D eigenvalue weighted by Gasteiger charge is 2.39. The minimum Gasteiger partial charge on any atom is -0.494 e. The number of hydrogen-bond donors (Lipinski definition) is 5. The van der Waals surface area contributed by atoms with Crippen molar-refractivity contribution in [3.63, 3.8) is 0 Å². The number of benzene rings is 4. The van der Waals surface area contributed by atoms with E-state index in [4.69, 9.17) is 14.5 Å². The summed E-state index contributed by atoms with van der Waals surface area (Å²) >= 11 is 0. The van der Waals surface area contributed by atoms with E-state index in [1.807, 2.05) is 60.7 Å². The average Bonchev–Trinajstić information content (AvgIpc) is 3.91. The van der Waals surface area contributed by atoms with E-state index in [-0.39, 0.29) is 28.5 Å². The number of anilines is 8. The van der Waals surface area contributed by atoms with Crippen molar-refractivity contribution in [2.75, 3.05) is 111 Å². The molecule has 2 aliphatic heterocycles. The molecule has 0 atom stereocenters. The molecule has 0 spiro atoms. The lowest BCUT2D eigenvalue weighted by Gasteiger charge is -2.35. The van der Waals surface area contributed by atoms with Gasteiger partial charge in [0.2, 0.25) is 23.7 Å². The van der Waals surface area contributed by atoms with Crippen LogP contribution in [0.15, 0.2) is 135 Å². The fourth-order valence-electron chi connectivity index (χ4n) is 8.64. The number of carbonyl (C=O) groups is 2. The monoisotopic (exact) mass is 1010 g/mol. The second-order valence-electron chi connectivity index (χ2n) is 17.7. The van der Waals surface area contributed by atoms with Crippen LogP contribution in [0.1, 0.15) is 29.4 Å². The summed E-state index contributed by atoms with van der Waals surface area (Å²) in [5.74, 6) is -2.41. The largest absolute Gasteiger partial charge is 0.494 e. The van der Waals surface area contributed by atoms with Gasteiger partial charge in [-0.1, -0.05) is 44.3 Å². The SMILES string of the molecule is C=CC(=O)Nc1cccc(C(F)(F)c2nc(Nc3ccc(N4CCN(CC)CC4)cc3)nc3[nH]ccc23)c1.C=CC(=O)Nc1cccc(Cc2nc(Nc3ccc(N4CCN(C)CC4)cc3OC)ncc2OC)c1. The number of H-pyrrole nitrogens is 1. The molecule has 2 saturated heterocycles. The van der Waals surface area contributed by atoms with Gasteiger partial charge in [-0.15, -0.1) is 0 Å². The summed E-state index contributed by atoms with van der Waals surface area (Å²) in [6.07, 6.45) is 6.02. The number of nitrogens with one attached hydrogen (secondary N) is 5. The summed E-state index contributed by atoms with van der Waals surface area (Å²) in [6.45, 7) is 18.1. The van der Waals surface area contributed by atoms with Gasteiger partial charge in [-0.25, -0.2) is 15.0 Å². The molecular formula is C55H61F2N13O4. The zero-order valence-electron chi connectivity index (χ0n) is 42.0. The molecule has 17 nitrogen and oxygen atoms in total. The van der Waals surface area contributed by atoms with Crippen molar-refractivity contribution in [3.05, 3.63) is 157 Å². The zero-order valence-corrected chi connectivity index (χ0v) is 42.0. The number of alkyl halides is 2. The van der Waals surface area contributed by atoms with Gasteiger partial charge in [-0.2, -0.15) is 13.8 Å². The predicted octanol–water partition coefficient (Wildman–Crippen LogP) is 8.81. The van der Waals surface area contributed by atoms with E-state index in [1.54, 1.807) is 26.6 Å². The highest BCUT2D eigenvalue weighted by atomic mass is 19.3. The van der Waals surface area contributed by atoms with Gasteiger partial charge in [0.05, 0.1) is 31.8 Å². The topological polar surface area (TPSA) is 181 Å². The molecule has 7 aromatic rings. The van der Waals surface area contributed by atoms with Crippen molar-refractivity contribution in [1.29, 1.82) is 0 Å². The summed E-state index contributed by atoms with van der Waals surface area (Å²) in [5, 5.41) is 11.9. The molecule has 2 fully saturated rings. The highest BCUT2D eigenvalue weighted by molar-refractivity contribution is 5.99. The van der Waals surface area contributed by atoms with Crippen molar-refractivity contribution in [2.45, 2.75) is 19.3 Å². The van der Waals surface area contributed by atoms with Crippen LogP contribution in [0.3, 0.4) is 0 Å². The third kappa shape index (κ3) is 12.8. The minimum absolute atomic E-state index is 0.0510. The van der Waals surface area contributed by atoms with E-state index in [0.29, 0.717) is 35.1 Å². The molecule has 2 aliphatic rings. The van der Waals surface area contributed by atoms with Crippen LogP contribution in [0.2, 0.25) is 0 Å². The van der Waals surface area contributed by atoms with Crippen molar-refractivity contribution in [3.8, 4) is 11.5 Å². The Morgan fingerprint density at radius 3 is 2.04 bits per heavy atom. The van der Waals surface area contributed by atoms with Gasteiger partial charge in [0.1, 0.15) is 17.1 Å². The minimum atomic E-state index is -3.46. The molecule has 19 heteroatoms. The quantitative estimate of drug-likeness (QED) is 0.0546. The summed E-state index contributed by atoms with van der Waals surface area (Å²) < 4.78 is 42.9. The van der Waals surface area contributed by atoms with Crippen molar-refractivity contribution in [1.82, 2.24) is 34.7 Å². The van der Waals surface area contributed by atoms with E-state index >= 15 is 8.78 Å². The molecule has 2 amide bonds. The Morgan fingerprint density at radius 2 is 1.36 bits per heavy atom. The number of likely N-dealkylation sites (N-methyl/N-ethyl adjacent to an activating group) is 2. The number of nitrogens with zero attached hydrogens (tertiary/aromatic N) is 8. The highest BCUT2D eigenvalue weighted by Crippen LogP contribution is 2.40. The van der Waals surface area contributed by atoms with Gasteiger partial charge in [0.25, 0.3) is 0 Å². The van der Waals surface area contributed by atoms with Gasteiger partial charge >= 0.3 is 5.92 Å². The standard InChI is InChI=1S/C28H29F2N7O.C27H32N6O3/c1-3-24(38)32-21-7-5-6-19(18-21)28(29,30)25-23-12-13-31-26(23)35-27(34-25)33-20-8-10-22(11-9-20)37-16-14-36(4-2)15-17-37;1-5-26(34)29-20-8-6-7-19(15-20)16-23-25(36-4)18-28-27(31-23)30-22-10-9-21(17-24(22)35-3)33-13-11-32(2)12-14-33/h3,5-13,18H,1,4,14-17H2,2H3,(H,32,38)(H2,31,33,34,35);5-10,15,17-18H,1,11-14,16H2,2-4H3,(H,29,34)(H,28,30,31). The van der Waals surface area contributed by atoms with Crippen LogP contribution in [-0.4, -0.2) is 127 Å². The predicted molar refractivity (Wildman–Crippen MR) is 289 cm³/mol. The summed E-state index contributed by atoms with van der Waals surface area (Å²) in [6, 6.07) is 28.6. The number of methoxy groups -OCH3 is 2. The molecule has 0 aliphatic carbocycles. The van der Waals surface area contributed by atoms with Crippen molar-refractivity contribution < 1.29 is 27.8 Å². The Hall–Kier alpha value is -8.42. The van der Waals surface area contributed by atoms with Crippen molar-refractivity contribution in [2.24, 2.45) is 0 Å². The smallest absolute Gasteiger partial charge is 0.315 e. The number of carbonyl (C=O) groups excluding carboxylic acids is 2. The first kappa shape index (κ1) is 51.9. The number of halogens is 2. The van der Waals surface area contributed by atoms with Crippen LogP contribution in [0.4, 0.5) is 54.8 Å². The van der Waals surface area contributed by atoms with Crippen LogP contribution in [-0.2, 0) is 21.9 Å². The molecule has 3 aromatic heterocycles. The maximum atomic E-state index is 15.9. The molecule has 0 radical (unpaired) electrons. The number of aromatic amines is 1. The van der Waals surface area contributed by atoms with Crippen molar-refractivity contribution >= 4 is 68.9 Å². The Balaban J connectivity index is 0.000000197. The lowest BCUT2D eigenvalue weighted by Crippen LogP contribution is -2.46. The molecule has 0 bridgehead atoms. The molecule has 4 aromatic carbocycles. The fraction of sp³-hybridized carbons (Fsp3) is 0.273. The number of amides is 2. The van der Waals surface area contributed by atoms with Crippen LogP contribution >= 0.6 is 0 Å². The van der Waals surface area contributed by atoms with Gasteiger partial charge in [0.15, 0.2) is 5.75 Å². The Labute approximate surface area is 429 Å². The molecule has 0 unspecified atom stereocenters. The Morgan fingerprint density at radius 1 is 0.716 bits per heavy atom. The number of rotatable bonds is 17. The maximum Gasteiger partial charge on any atom is 0.315 e. The van der Waals surface area contributed by atoms with E-state index < -0.39 is 17.5 Å². The number of fused-ring (bicyclic) bond motifs is 1. The number of aromatic nitrogens is 5. The Bertz CT molecular complexity index is 3080. The van der Waals surface area contributed by atoms with E-state index in [2.05, 4.69) is 94.0 Å². The van der Waals surface area contributed by atoms with Gasteiger partial charge < -0.3 is 55.3 Å². The molecule has 74 heavy (non-hydrogen) atoms. The lowest BCUT2D eigenvalue weighted by molar-refractivity contribution is -0.112. The first-order valence-electron chi connectivity index (χ1n) is 24.3. The second-order valence-corrected chi connectivity index (χ2v) is 17.7. The summed E-state index contributed by atoms with van der Waals surface area (Å²) in [7, 11) is 5.40. The van der Waals surface area contributed by atoms with Gasteiger partial charge in [-0.3, -0.25) is 9.59 Å². The van der Waals surface area contributed by atoms with Crippen LogP contribution in [0.5, 0.6) is 11.5 Å². The normalized spacial score (nSPS) is 14.1. The first-order valence-corrected chi connectivity index (χ1v) is 24.3. The summed E-state index contributed by atoms with van der Waals surface area (Å²) in [4.78, 5) is 53.4. The number of piperazine rings is 2. The van der Waals surface area contributed by atoms with E-state index in [1.165, 1.54) is 36.4 Å². The number of hydrogen-bond acceptors (Lipinski definition) is 14. The molecule has 9 rings (SSSR count). The molecular weight excluding hydrogens is 945 g/mol. The third-order valence-corrected chi connectivity index (χ3v) is 12.8. The number of ether oxygens (including phenoxy) is 2. The molecule has 0 saturated carbocycles. The molecule has 5 N–H and O–H groups in total. The zero-order chi connectivity index (χ0) is 52.2. The van der Waals surface area contributed by atoms with Crippen LogP contribution in [0, 0.1) is 0 Å². The maximum absolute atomic E-state index is 15.9. The average molecular weight is 1010 g/mol. The molecule has 5 heterocycles. The second kappa shape index (κ2) is 23.9. The van der Waals surface area contributed by atoms with Crippen LogP contribution < -0.4 is 40.5 Å².